The maximum atomic E-state index is 13.0. The van der Waals surface area contributed by atoms with E-state index in [9.17, 15) is 14.4 Å². The molecule has 7 heteroatoms. The summed E-state index contributed by atoms with van der Waals surface area (Å²) in [5.41, 5.74) is -1.02. The second kappa shape index (κ2) is 7.59. The van der Waals surface area contributed by atoms with Crippen LogP contribution in [0.5, 0.6) is 17.2 Å². The Kier molecular flexibility index (Phi) is 5.69. The molecule has 2 amide bonds. The lowest BCUT2D eigenvalue weighted by Crippen LogP contribution is -2.50. The van der Waals surface area contributed by atoms with Crippen LogP contribution in [0.15, 0.2) is 24.4 Å². The van der Waals surface area contributed by atoms with Gasteiger partial charge in [0.2, 0.25) is 11.7 Å². The largest absolute Gasteiger partial charge is 0.493 e. The van der Waals surface area contributed by atoms with Crippen LogP contribution in [0.1, 0.15) is 37.0 Å². The van der Waals surface area contributed by atoms with Gasteiger partial charge < -0.3 is 14.2 Å². The van der Waals surface area contributed by atoms with Crippen molar-refractivity contribution < 1.29 is 28.6 Å². The van der Waals surface area contributed by atoms with Gasteiger partial charge in [0.1, 0.15) is 5.41 Å². The molecule has 1 aromatic carbocycles. The second-order valence-electron chi connectivity index (χ2n) is 5.86. The van der Waals surface area contributed by atoms with E-state index in [1.54, 1.807) is 13.8 Å². The quantitative estimate of drug-likeness (QED) is 0.572. The van der Waals surface area contributed by atoms with Gasteiger partial charge in [-0.05, 0) is 31.1 Å². The summed E-state index contributed by atoms with van der Waals surface area (Å²) in [5.74, 6) is -0.410. The fourth-order valence-electron chi connectivity index (χ4n) is 3.11. The van der Waals surface area contributed by atoms with Crippen LogP contribution in [-0.4, -0.2) is 43.8 Å². The molecule has 0 spiro atoms. The van der Waals surface area contributed by atoms with E-state index in [1.165, 1.54) is 45.7 Å². The lowest BCUT2D eigenvalue weighted by Gasteiger charge is -2.34. The normalized spacial score (nSPS) is 15.8. The molecule has 0 radical (unpaired) electrons. The van der Waals surface area contributed by atoms with E-state index in [0.717, 1.165) is 4.90 Å². The summed E-state index contributed by atoms with van der Waals surface area (Å²) >= 11 is 0. The lowest BCUT2D eigenvalue weighted by molar-refractivity contribution is -0.146. The number of rotatable bonds is 6. The summed E-state index contributed by atoms with van der Waals surface area (Å²) in [6.07, 6.45) is 3.15. The Hall–Kier alpha value is -2.83. The summed E-state index contributed by atoms with van der Waals surface area (Å²) in [6, 6.07) is 2.95. The number of hydrogen-bond donors (Lipinski definition) is 0. The molecule has 140 valence electrons. The van der Waals surface area contributed by atoms with E-state index >= 15 is 0 Å². The van der Waals surface area contributed by atoms with Gasteiger partial charge in [-0.25, -0.2) is 0 Å². The zero-order chi connectivity index (χ0) is 19.5. The van der Waals surface area contributed by atoms with Crippen LogP contribution in [0, 0.1) is 5.41 Å². The maximum Gasteiger partial charge on any atom is 0.264 e. The van der Waals surface area contributed by atoms with Crippen LogP contribution in [0.3, 0.4) is 0 Å². The minimum absolute atomic E-state index is 0.188. The SMILES string of the molecule is CCC1(CC)C(=O)C=CN(C(=O)c2cc(OC)c(OC)c(OC)c2)C1=O. The average molecular weight is 361 g/mol. The number of methoxy groups -OCH3 is 3. The van der Waals surface area contributed by atoms with E-state index in [2.05, 4.69) is 0 Å². The Morgan fingerprint density at radius 3 is 1.96 bits per heavy atom. The van der Waals surface area contributed by atoms with Gasteiger partial charge in [0.25, 0.3) is 5.91 Å². The molecular formula is C19H23NO6. The molecule has 1 aromatic rings. The molecule has 2 rings (SSSR count). The Labute approximate surface area is 152 Å². The molecule has 0 saturated carbocycles. The van der Waals surface area contributed by atoms with Crippen LogP contribution in [0.25, 0.3) is 0 Å². The predicted molar refractivity (Wildman–Crippen MR) is 94.4 cm³/mol. The van der Waals surface area contributed by atoms with E-state index < -0.39 is 17.2 Å². The lowest BCUT2D eigenvalue weighted by atomic mass is 9.75. The number of nitrogens with zero attached hydrogens (tertiary/aromatic N) is 1. The highest BCUT2D eigenvalue weighted by atomic mass is 16.5. The van der Waals surface area contributed by atoms with Gasteiger partial charge >= 0.3 is 0 Å². The molecule has 0 saturated heterocycles. The number of benzene rings is 1. The molecule has 0 atom stereocenters. The van der Waals surface area contributed by atoms with E-state index in [0.29, 0.717) is 30.1 Å². The van der Waals surface area contributed by atoms with Crippen molar-refractivity contribution >= 4 is 17.6 Å². The third-order valence-corrected chi connectivity index (χ3v) is 4.81. The van der Waals surface area contributed by atoms with Gasteiger partial charge in [-0.1, -0.05) is 13.8 Å². The molecule has 1 aliphatic heterocycles. The third-order valence-electron chi connectivity index (χ3n) is 4.81. The fourth-order valence-corrected chi connectivity index (χ4v) is 3.11. The van der Waals surface area contributed by atoms with Gasteiger partial charge in [-0.15, -0.1) is 0 Å². The van der Waals surface area contributed by atoms with Crippen LogP contribution in [0.2, 0.25) is 0 Å². The van der Waals surface area contributed by atoms with Gasteiger partial charge in [0.15, 0.2) is 17.3 Å². The van der Waals surface area contributed by atoms with Gasteiger partial charge in [-0.2, -0.15) is 0 Å². The molecule has 0 unspecified atom stereocenters. The molecule has 1 heterocycles. The Morgan fingerprint density at radius 1 is 1.00 bits per heavy atom. The van der Waals surface area contributed by atoms with Crippen molar-refractivity contribution in [2.75, 3.05) is 21.3 Å². The monoisotopic (exact) mass is 361 g/mol. The van der Waals surface area contributed by atoms with Crippen molar-refractivity contribution in [1.82, 2.24) is 4.90 Å². The number of imide groups is 1. The van der Waals surface area contributed by atoms with Crippen molar-refractivity contribution in [3.05, 3.63) is 30.0 Å². The van der Waals surface area contributed by atoms with E-state index in [1.807, 2.05) is 0 Å². The molecule has 0 aromatic heterocycles. The van der Waals surface area contributed by atoms with Gasteiger partial charge in [0.05, 0.1) is 21.3 Å². The minimum atomic E-state index is -1.20. The van der Waals surface area contributed by atoms with Crippen LogP contribution in [-0.2, 0) is 9.59 Å². The highest BCUT2D eigenvalue weighted by Gasteiger charge is 2.47. The van der Waals surface area contributed by atoms with E-state index in [-0.39, 0.29) is 11.3 Å². The van der Waals surface area contributed by atoms with Crippen LogP contribution in [0.4, 0.5) is 0 Å². The number of carbonyl (C=O) groups excluding carboxylic acids is 3. The van der Waals surface area contributed by atoms with Crippen molar-refractivity contribution in [2.45, 2.75) is 26.7 Å². The number of allylic oxidation sites excluding steroid dienone is 1. The van der Waals surface area contributed by atoms with Gasteiger partial charge in [0, 0.05) is 11.8 Å². The number of ether oxygens (including phenoxy) is 3. The number of amides is 2. The molecule has 0 N–H and O–H groups in total. The molecule has 0 bridgehead atoms. The summed E-state index contributed by atoms with van der Waals surface area (Å²) in [4.78, 5) is 39.1. The molecular weight excluding hydrogens is 338 g/mol. The van der Waals surface area contributed by atoms with E-state index in [4.69, 9.17) is 14.2 Å². The topological polar surface area (TPSA) is 82.1 Å². The summed E-state index contributed by atoms with van der Waals surface area (Å²) in [6.45, 7) is 3.53. The van der Waals surface area contributed by atoms with Crippen LogP contribution >= 0.6 is 0 Å². The van der Waals surface area contributed by atoms with Crippen LogP contribution < -0.4 is 14.2 Å². The first kappa shape index (κ1) is 19.5. The predicted octanol–water partition coefficient (Wildman–Crippen LogP) is 2.58. The summed E-state index contributed by atoms with van der Waals surface area (Å²) < 4.78 is 15.7. The Bertz CT molecular complexity index is 738. The average Bonchev–Trinajstić information content (AvgIpc) is 2.67. The first-order chi connectivity index (χ1) is 12.4. The number of ketones is 1. The molecule has 0 aliphatic carbocycles. The molecule has 26 heavy (non-hydrogen) atoms. The number of carbonyl (C=O) groups is 3. The maximum absolute atomic E-state index is 13.0. The standard InChI is InChI=1S/C19H23NO6/c1-6-19(7-2)15(21)8-9-20(18(19)23)17(22)12-10-13(24-3)16(26-5)14(11-12)25-4/h8-11H,6-7H2,1-5H3. The zero-order valence-electron chi connectivity index (χ0n) is 15.6. The summed E-state index contributed by atoms with van der Waals surface area (Å²) in [5, 5.41) is 0. The second-order valence-corrected chi connectivity index (χ2v) is 5.86. The highest BCUT2D eigenvalue weighted by Crippen LogP contribution is 2.39. The van der Waals surface area contributed by atoms with Crippen molar-refractivity contribution in [3.8, 4) is 17.2 Å². The third kappa shape index (κ3) is 2.94. The van der Waals surface area contributed by atoms with Crippen molar-refractivity contribution in [1.29, 1.82) is 0 Å². The Morgan fingerprint density at radius 2 is 1.54 bits per heavy atom. The minimum Gasteiger partial charge on any atom is -0.493 e. The summed E-state index contributed by atoms with van der Waals surface area (Å²) in [7, 11) is 4.34. The highest BCUT2D eigenvalue weighted by molar-refractivity contribution is 6.19. The smallest absolute Gasteiger partial charge is 0.264 e. The fraction of sp³-hybridized carbons (Fsp3) is 0.421. The van der Waals surface area contributed by atoms with Crippen molar-refractivity contribution in [3.63, 3.8) is 0 Å². The first-order valence-corrected chi connectivity index (χ1v) is 8.30. The Balaban J connectivity index is 2.51. The number of hydrogen-bond acceptors (Lipinski definition) is 6. The first-order valence-electron chi connectivity index (χ1n) is 8.30. The molecule has 1 aliphatic rings. The van der Waals surface area contributed by atoms with Gasteiger partial charge in [-0.3, -0.25) is 19.3 Å². The van der Waals surface area contributed by atoms with Crippen molar-refractivity contribution in [2.24, 2.45) is 5.41 Å². The molecule has 7 nitrogen and oxygen atoms in total. The molecule has 0 fully saturated rings. The zero-order valence-corrected chi connectivity index (χ0v) is 15.6.